The minimum absolute atomic E-state index is 0.00404. The summed E-state index contributed by atoms with van der Waals surface area (Å²) in [6, 6.07) is 0.604. The van der Waals surface area contributed by atoms with Gasteiger partial charge >= 0.3 is 0 Å². The van der Waals surface area contributed by atoms with E-state index in [4.69, 9.17) is 9.47 Å². The quantitative estimate of drug-likeness (QED) is 0.248. The van der Waals surface area contributed by atoms with Crippen molar-refractivity contribution in [3.05, 3.63) is 23.0 Å². The number of hydrogen-bond acceptors (Lipinski definition) is 5. The number of hydrogen-bond donors (Lipinski definition) is 1. The number of piperidine rings is 2. The van der Waals surface area contributed by atoms with Gasteiger partial charge in [0, 0.05) is 48.7 Å². The Labute approximate surface area is 305 Å². The van der Waals surface area contributed by atoms with Crippen LogP contribution in [-0.2, 0) is 9.47 Å². The third kappa shape index (κ3) is 4.57. The Kier molecular flexibility index (Phi) is 7.47. The van der Waals surface area contributed by atoms with Crippen molar-refractivity contribution in [3.63, 3.8) is 0 Å². The molecule has 5 heteroatoms. The summed E-state index contributed by atoms with van der Waals surface area (Å²) in [4.78, 5) is 6.28. The van der Waals surface area contributed by atoms with Crippen LogP contribution in [0.5, 0.6) is 0 Å². The van der Waals surface area contributed by atoms with E-state index in [1.165, 1.54) is 96.3 Å². The number of likely N-dealkylation sites (tertiary alicyclic amines) is 2. The van der Waals surface area contributed by atoms with Crippen molar-refractivity contribution in [1.29, 1.82) is 0 Å². The van der Waals surface area contributed by atoms with Gasteiger partial charge in [-0.15, -0.1) is 0 Å². The number of nitrogens with zero attached hydrogens (tertiary/aromatic N) is 2. The van der Waals surface area contributed by atoms with Gasteiger partial charge in [0.25, 0.3) is 0 Å². The highest BCUT2D eigenvalue weighted by Gasteiger charge is 2.75. The molecule has 278 valence electrons. The van der Waals surface area contributed by atoms with Crippen LogP contribution in [0.1, 0.15) is 113 Å². The summed E-state index contributed by atoms with van der Waals surface area (Å²) in [7, 11) is 0. The van der Waals surface area contributed by atoms with Crippen molar-refractivity contribution in [2.75, 3.05) is 52.5 Å². The summed E-state index contributed by atoms with van der Waals surface area (Å²) in [5, 5.41) is 4.31. The van der Waals surface area contributed by atoms with E-state index in [0.717, 1.165) is 67.2 Å². The van der Waals surface area contributed by atoms with Gasteiger partial charge in [-0.05, 0) is 148 Å². The smallest absolute Gasteiger partial charge is 0.0988 e. The third-order valence-electron chi connectivity index (χ3n) is 19.2. The lowest BCUT2D eigenvalue weighted by Crippen LogP contribution is -2.77. The number of allylic oxidation sites excluding steroid dienone is 1. The second-order valence-corrected chi connectivity index (χ2v) is 22.2. The van der Waals surface area contributed by atoms with Crippen LogP contribution in [0.3, 0.4) is 0 Å². The molecule has 0 bridgehead atoms. The lowest BCUT2D eigenvalue weighted by Gasteiger charge is -2.70. The van der Waals surface area contributed by atoms with Crippen molar-refractivity contribution < 1.29 is 9.47 Å². The van der Waals surface area contributed by atoms with Crippen molar-refractivity contribution in [3.8, 4) is 0 Å². The largest absolute Gasteiger partial charge is 0.497 e. The fraction of sp³-hybridized carbons (Fsp3) is 0.911. The maximum absolute atomic E-state index is 6.29. The molecule has 0 amide bonds. The molecule has 4 saturated heterocycles. The molecule has 7 fully saturated rings. The van der Waals surface area contributed by atoms with Crippen molar-refractivity contribution in [1.82, 2.24) is 15.1 Å². The van der Waals surface area contributed by atoms with Crippen LogP contribution in [0.25, 0.3) is 0 Å². The maximum Gasteiger partial charge on any atom is 0.0988 e. The normalized spacial score (nSPS) is 45.8. The Morgan fingerprint density at radius 1 is 0.780 bits per heavy atom. The van der Waals surface area contributed by atoms with Gasteiger partial charge in [-0.1, -0.05) is 52.7 Å². The van der Waals surface area contributed by atoms with Gasteiger partial charge in [-0.25, -0.2) is 0 Å². The molecule has 50 heavy (non-hydrogen) atoms. The van der Waals surface area contributed by atoms with E-state index in [1.54, 1.807) is 0 Å². The summed E-state index contributed by atoms with van der Waals surface area (Å²) in [6.07, 6.45) is 15.1. The summed E-state index contributed by atoms with van der Waals surface area (Å²) in [6.45, 7) is 30.8. The number of nitrogens with one attached hydrogen (secondary N) is 1. The molecular weight excluding hydrogens is 615 g/mol. The van der Waals surface area contributed by atoms with E-state index < -0.39 is 0 Å². The van der Waals surface area contributed by atoms with Crippen LogP contribution in [0, 0.1) is 75.4 Å². The Morgan fingerprint density at radius 3 is 2.08 bits per heavy atom. The van der Waals surface area contributed by atoms with E-state index in [-0.39, 0.29) is 21.9 Å². The highest BCUT2D eigenvalue weighted by atomic mass is 16.5. The number of ether oxygens (including phenoxy) is 2. The SMILES string of the molecule is CC(C)(C)C1CC2CCNC(CC(C)(N3CC4CC4C3)C(C)(C3C=C4OCC4C3)C(C)(N3CC4=C(CCC4)C3)C(C)(C)C3C4COCC43)C2C1. The lowest BCUT2D eigenvalue weighted by atomic mass is 9.44. The zero-order chi connectivity index (χ0) is 34.6. The Bertz CT molecular complexity index is 1420. The molecule has 0 aromatic carbocycles. The minimum Gasteiger partial charge on any atom is -0.497 e. The number of fused-ring (bicyclic) bond motifs is 4. The zero-order valence-electron chi connectivity index (χ0n) is 33.2. The van der Waals surface area contributed by atoms with Gasteiger partial charge in [-0.3, -0.25) is 9.80 Å². The van der Waals surface area contributed by atoms with E-state index >= 15 is 0 Å². The van der Waals surface area contributed by atoms with Gasteiger partial charge in [0.15, 0.2) is 0 Å². The molecule has 1 N–H and O–H groups in total. The van der Waals surface area contributed by atoms with Gasteiger partial charge in [0.2, 0.25) is 0 Å². The first-order chi connectivity index (χ1) is 23.7. The Morgan fingerprint density at radius 2 is 1.48 bits per heavy atom. The second kappa shape index (κ2) is 11.1. The van der Waals surface area contributed by atoms with Crippen LogP contribution >= 0.6 is 0 Å². The second-order valence-electron chi connectivity index (χ2n) is 22.2. The molecular formula is C45H71N3O2. The van der Waals surface area contributed by atoms with Crippen molar-refractivity contribution in [2.45, 2.75) is 130 Å². The van der Waals surface area contributed by atoms with Gasteiger partial charge in [0.1, 0.15) is 0 Å². The maximum atomic E-state index is 6.29. The highest BCUT2D eigenvalue weighted by molar-refractivity contribution is 5.35. The van der Waals surface area contributed by atoms with Crippen LogP contribution in [0.15, 0.2) is 23.0 Å². The fourth-order valence-corrected chi connectivity index (χ4v) is 15.5. The van der Waals surface area contributed by atoms with E-state index in [2.05, 4.69) is 76.6 Å². The average molecular weight is 686 g/mol. The summed E-state index contributed by atoms with van der Waals surface area (Å²) in [5.41, 5.74) is 4.27. The van der Waals surface area contributed by atoms with Gasteiger partial charge in [-0.2, -0.15) is 0 Å². The zero-order valence-corrected chi connectivity index (χ0v) is 33.2. The molecule has 0 aromatic rings. The molecule has 5 aliphatic heterocycles. The molecule has 13 atom stereocenters. The van der Waals surface area contributed by atoms with Gasteiger partial charge in [0.05, 0.1) is 31.5 Å². The molecule has 10 aliphatic rings. The molecule has 5 aliphatic carbocycles. The first kappa shape index (κ1) is 33.7. The van der Waals surface area contributed by atoms with E-state index in [1.807, 2.05) is 11.1 Å². The topological polar surface area (TPSA) is 37.0 Å². The highest BCUT2D eigenvalue weighted by Crippen LogP contribution is 2.72. The Balaban J connectivity index is 1.12. The molecule has 0 aromatic heterocycles. The van der Waals surface area contributed by atoms with Crippen LogP contribution in [-0.4, -0.2) is 79.5 Å². The standard InChI is InChI=1S/C45H71N3O2/c1-41(2,3)33-15-27-12-13-46-38(35(27)17-33)19-43(6,47-22-30-14-31(30)23-47)44(7,34-16-32-24-50-39(32)18-34)45(8,48-20-28-10-9-11-29(28)21-48)42(4,5)40-36-25-49-26-37(36)40/h18,27,30-38,40,46H,9-17,19-26H2,1-8H3. The molecule has 0 spiro atoms. The summed E-state index contributed by atoms with van der Waals surface area (Å²) in [5.74, 6) is 9.15. The summed E-state index contributed by atoms with van der Waals surface area (Å²) < 4.78 is 12.4. The Hall–Kier alpha value is -0.880. The fourth-order valence-electron chi connectivity index (χ4n) is 15.5. The molecule has 0 radical (unpaired) electrons. The first-order valence-corrected chi connectivity index (χ1v) is 21.6. The van der Waals surface area contributed by atoms with Crippen molar-refractivity contribution >= 4 is 0 Å². The lowest BCUT2D eigenvalue weighted by molar-refractivity contribution is -0.191. The van der Waals surface area contributed by atoms with Crippen LogP contribution in [0.2, 0.25) is 0 Å². The molecule has 10 rings (SSSR count). The van der Waals surface area contributed by atoms with E-state index in [0.29, 0.717) is 23.3 Å². The van der Waals surface area contributed by atoms with E-state index in [9.17, 15) is 0 Å². The van der Waals surface area contributed by atoms with Gasteiger partial charge < -0.3 is 14.8 Å². The molecule has 5 heterocycles. The van der Waals surface area contributed by atoms with Crippen LogP contribution in [0.4, 0.5) is 0 Å². The predicted octanol–water partition coefficient (Wildman–Crippen LogP) is 8.17. The minimum atomic E-state index is 0.00404. The van der Waals surface area contributed by atoms with Crippen molar-refractivity contribution in [2.24, 2.45) is 75.4 Å². The third-order valence-corrected chi connectivity index (χ3v) is 19.2. The first-order valence-electron chi connectivity index (χ1n) is 21.6. The molecule has 3 saturated carbocycles. The molecule has 13 unspecified atom stereocenters. The number of rotatable bonds is 9. The predicted molar refractivity (Wildman–Crippen MR) is 201 cm³/mol. The summed E-state index contributed by atoms with van der Waals surface area (Å²) >= 11 is 0. The van der Waals surface area contributed by atoms with Crippen LogP contribution < -0.4 is 5.32 Å². The average Bonchev–Trinajstić information content (AvgIpc) is 3.54. The molecule has 5 nitrogen and oxygen atoms in total. The monoisotopic (exact) mass is 686 g/mol.